The highest BCUT2D eigenvalue weighted by atomic mass is 32.2. The van der Waals surface area contributed by atoms with E-state index in [9.17, 15) is 0 Å². The zero-order valence-electron chi connectivity index (χ0n) is 13.8. The lowest BCUT2D eigenvalue weighted by molar-refractivity contribution is 0.197. The van der Waals surface area contributed by atoms with E-state index < -0.39 is 0 Å². The Morgan fingerprint density at radius 3 is 2.62 bits per heavy atom. The van der Waals surface area contributed by atoms with Crippen molar-refractivity contribution in [1.82, 2.24) is 15.0 Å². The molecule has 2 aromatic heterocycles. The van der Waals surface area contributed by atoms with Gasteiger partial charge in [-0.05, 0) is 43.2 Å². The molecule has 1 aliphatic carbocycles. The molecule has 1 saturated heterocycles. The molecule has 0 amide bonds. The smallest absolute Gasteiger partial charge is 0.147 e. The molecule has 1 saturated carbocycles. The maximum atomic E-state index is 6.37. The minimum absolute atomic E-state index is 0.389. The number of piperidine rings is 1. The molecule has 1 spiro atoms. The quantitative estimate of drug-likeness (QED) is 0.925. The van der Waals surface area contributed by atoms with Crippen molar-refractivity contribution < 1.29 is 0 Å². The van der Waals surface area contributed by atoms with E-state index in [0.717, 1.165) is 28.8 Å². The lowest BCUT2D eigenvalue weighted by Crippen LogP contribution is -2.47. The summed E-state index contributed by atoms with van der Waals surface area (Å²) in [5.41, 5.74) is 6.76. The van der Waals surface area contributed by atoms with Crippen LogP contribution in [-0.2, 0) is 0 Å². The largest absolute Gasteiger partial charge is 0.355 e. The third kappa shape index (κ3) is 3.13. The Balaban J connectivity index is 1.39. The van der Waals surface area contributed by atoms with Crippen molar-refractivity contribution in [1.29, 1.82) is 0 Å². The van der Waals surface area contributed by atoms with Gasteiger partial charge < -0.3 is 10.6 Å². The monoisotopic (exact) mass is 341 g/mol. The van der Waals surface area contributed by atoms with E-state index in [1.54, 1.807) is 18.0 Å². The number of aromatic nitrogens is 3. The molecule has 2 fully saturated rings. The number of nitrogens with zero attached hydrogens (tertiary/aromatic N) is 4. The van der Waals surface area contributed by atoms with Gasteiger partial charge in [-0.15, -0.1) is 0 Å². The van der Waals surface area contributed by atoms with E-state index in [1.165, 1.54) is 32.1 Å². The van der Waals surface area contributed by atoms with Crippen LogP contribution in [0.4, 0.5) is 5.82 Å². The van der Waals surface area contributed by atoms with Crippen LogP contribution in [0.5, 0.6) is 0 Å². The fourth-order valence-electron chi connectivity index (χ4n) is 4.02. The minimum Gasteiger partial charge on any atom is -0.355 e. The van der Waals surface area contributed by atoms with Gasteiger partial charge >= 0.3 is 0 Å². The number of anilines is 1. The summed E-state index contributed by atoms with van der Waals surface area (Å²) in [6, 6.07) is 4.35. The van der Waals surface area contributed by atoms with Gasteiger partial charge in [0.05, 0.1) is 12.4 Å². The van der Waals surface area contributed by atoms with Crippen LogP contribution in [0.25, 0.3) is 0 Å². The first-order valence-corrected chi connectivity index (χ1v) is 9.47. The molecule has 0 aromatic carbocycles. The first-order chi connectivity index (χ1) is 11.8. The number of rotatable bonds is 3. The molecular weight excluding hydrogens is 318 g/mol. The first kappa shape index (κ1) is 15.8. The van der Waals surface area contributed by atoms with Gasteiger partial charge in [-0.2, -0.15) is 0 Å². The Morgan fingerprint density at radius 2 is 2.00 bits per heavy atom. The topological polar surface area (TPSA) is 67.9 Å². The molecule has 2 aliphatic rings. The van der Waals surface area contributed by atoms with Gasteiger partial charge in [0.1, 0.15) is 10.8 Å². The lowest BCUT2D eigenvalue weighted by atomic mass is 9.74. The molecule has 3 heterocycles. The highest BCUT2D eigenvalue weighted by molar-refractivity contribution is 7.99. The molecule has 2 N–H and O–H groups in total. The summed E-state index contributed by atoms with van der Waals surface area (Å²) < 4.78 is 0. The average molecular weight is 341 g/mol. The van der Waals surface area contributed by atoms with Crippen LogP contribution < -0.4 is 10.6 Å². The van der Waals surface area contributed by atoms with Gasteiger partial charge in [-0.25, -0.2) is 9.97 Å². The first-order valence-electron chi connectivity index (χ1n) is 8.66. The second-order valence-electron chi connectivity index (χ2n) is 6.85. The normalized spacial score (nSPS) is 22.9. The van der Waals surface area contributed by atoms with Crippen molar-refractivity contribution in [2.75, 3.05) is 18.0 Å². The van der Waals surface area contributed by atoms with Gasteiger partial charge in [0, 0.05) is 36.4 Å². The Morgan fingerprint density at radius 1 is 1.12 bits per heavy atom. The fraction of sp³-hybridized carbons (Fsp3) is 0.500. The van der Waals surface area contributed by atoms with Gasteiger partial charge in [-0.3, -0.25) is 4.98 Å². The SMILES string of the molecule is N[C@@H]1CCCC12CCN(c1cnc(Sc3cccnc3)cn1)CC2. The molecule has 4 rings (SSSR count). The molecular formula is C18H23N5S. The molecule has 0 radical (unpaired) electrons. The zero-order chi connectivity index (χ0) is 16.4. The highest BCUT2D eigenvalue weighted by Gasteiger charge is 2.42. The fourth-order valence-corrected chi connectivity index (χ4v) is 4.73. The lowest BCUT2D eigenvalue weighted by Gasteiger charge is -2.42. The standard InChI is InChI=1S/C18H23N5S/c19-15-4-1-5-18(15)6-9-23(10-7-18)16-12-22-17(13-21-16)24-14-3-2-8-20-11-14/h2-3,8,11-13,15H,1,4-7,9-10,19H2/t15-/m1/s1. The summed E-state index contributed by atoms with van der Waals surface area (Å²) in [7, 11) is 0. The maximum Gasteiger partial charge on any atom is 0.147 e. The van der Waals surface area contributed by atoms with E-state index in [1.807, 2.05) is 30.7 Å². The summed E-state index contributed by atoms with van der Waals surface area (Å²) in [5, 5.41) is 0.901. The van der Waals surface area contributed by atoms with Crippen molar-refractivity contribution in [2.24, 2.45) is 11.1 Å². The van der Waals surface area contributed by atoms with Crippen molar-refractivity contribution in [3.63, 3.8) is 0 Å². The molecule has 24 heavy (non-hydrogen) atoms. The van der Waals surface area contributed by atoms with Crippen molar-refractivity contribution >= 4 is 17.6 Å². The molecule has 2 aromatic rings. The number of pyridine rings is 1. The Labute approximate surface area is 147 Å². The highest BCUT2D eigenvalue weighted by Crippen LogP contribution is 2.45. The maximum absolute atomic E-state index is 6.37. The van der Waals surface area contributed by atoms with Crippen LogP contribution in [0.2, 0.25) is 0 Å². The molecule has 126 valence electrons. The van der Waals surface area contributed by atoms with Crippen LogP contribution in [0, 0.1) is 5.41 Å². The molecule has 5 nitrogen and oxygen atoms in total. The van der Waals surface area contributed by atoms with Gasteiger partial charge in [0.25, 0.3) is 0 Å². The molecule has 6 heteroatoms. The predicted molar refractivity (Wildman–Crippen MR) is 96.1 cm³/mol. The van der Waals surface area contributed by atoms with Gasteiger partial charge in [0.15, 0.2) is 0 Å². The predicted octanol–water partition coefficient (Wildman–Crippen LogP) is 3.12. The van der Waals surface area contributed by atoms with Crippen LogP contribution in [0.1, 0.15) is 32.1 Å². The van der Waals surface area contributed by atoms with E-state index in [-0.39, 0.29) is 0 Å². The number of hydrogen-bond donors (Lipinski definition) is 1. The van der Waals surface area contributed by atoms with Crippen molar-refractivity contribution in [3.05, 3.63) is 36.9 Å². The third-order valence-corrected chi connectivity index (χ3v) is 6.43. The van der Waals surface area contributed by atoms with E-state index in [2.05, 4.69) is 19.9 Å². The van der Waals surface area contributed by atoms with Crippen LogP contribution in [0.3, 0.4) is 0 Å². The molecule has 1 aliphatic heterocycles. The van der Waals surface area contributed by atoms with Crippen molar-refractivity contribution in [2.45, 2.75) is 48.1 Å². The Hall–Kier alpha value is -1.66. The Kier molecular flexibility index (Phi) is 4.41. The van der Waals surface area contributed by atoms with E-state index >= 15 is 0 Å². The Bertz CT molecular complexity index is 668. The summed E-state index contributed by atoms with van der Waals surface area (Å²) in [5.74, 6) is 0.979. The summed E-state index contributed by atoms with van der Waals surface area (Å²) >= 11 is 1.59. The van der Waals surface area contributed by atoms with Crippen molar-refractivity contribution in [3.8, 4) is 0 Å². The zero-order valence-corrected chi connectivity index (χ0v) is 14.6. The van der Waals surface area contributed by atoms with Gasteiger partial charge in [0.2, 0.25) is 0 Å². The van der Waals surface area contributed by atoms with Crippen LogP contribution in [0.15, 0.2) is 46.8 Å². The second kappa shape index (κ2) is 6.69. The minimum atomic E-state index is 0.389. The number of hydrogen-bond acceptors (Lipinski definition) is 6. The molecule has 0 unspecified atom stereocenters. The third-order valence-electron chi connectivity index (χ3n) is 5.53. The van der Waals surface area contributed by atoms with Crippen LogP contribution in [-0.4, -0.2) is 34.1 Å². The van der Waals surface area contributed by atoms with Gasteiger partial charge in [-0.1, -0.05) is 18.2 Å². The van der Waals surface area contributed by atoms with Crippen LogP contribution >= 0.6 is 11.8 Å². The summed E-state index contributed by atoms with van der Waals surface area (Å²) in [6.07, 6.45) is 13.5. The summed E-state index contributed by atoms with van der Waals surface area (Å²) in [4.78, 5) is 16.7. The number of nitrogens with two attached hydrogens (primary N) is 1. The average Bonchev–Trinajstić information content (AvgIpc) is 2.98. The van der Waals surface area contributed by atoms with E-state index in [0.29, 0.717) is 11.5 Å². The second-order valence-corrected chi connectivity index (χ2v) is 7.95. The molecule has 1 atom stereocenters. The summed E-state index contributed by atoms with van der Waals surface area (Å²) in [6.45, 7) is 2.08. The molecule has 0 bridgehead atoms. The van der Waals surface area contributed by atoms with E-state index in [4.69, 9.17) is 5.73 Å².